The molecule has 2 aromatic rings. The lowest BCUT2D eigenvalue weighted by Crippen LogP contribution is -2.54. The minimum absolute atomic E-state index is 0.0316. The van der Waals surface area contributed by atoms with Crippen molar-refractivity contribution in [3.63, 3.8) is 0 Å². The van der Waals surface area contributed by atoms with Crippen molar-refractivity contribution in [2.75, 3.05) is 48.1 Å². The molecule has 12 heteroatoms. The molecule has 0 unspecified atom stereocenters. The largest absolute Gasteiger partial charge is 0.454 e. The first-order chi connectivity index (χ1) is 15.9. The molecular formula is C21H32N10O2. The number of piperidine rings is 2. The Balaban J connectivity index is 1.40. The molecule has 2 fully saturated rings. The minimum Gasteiger partial charge on any atom is -0.454 e. The van der Waals surface area contributed by atoms with Crippen molar-refractivity contribution in [2.24, 2.45) is 22.9 Å². The summed E-state index contributed by atoms with van der Waals surface area (Å²) < 4.78 is 10.9. The van der Waals surface area contributed by atoms with Crippen molar-refractivity contribution in [2.45, 2.75) is 43.6 Å². The maximum Gasteiger partial charge on any atom is 0.232 e. The number of ether oxygens (including phenoxy) is 2. The molecule has 1 aromatic carbocycles. The van der Waals surface area contributed by atoms with Crippen LogP contribution >= 0.6 is 0 Å². The standard InChI is InChI=1S/C21H32N10O2/c22-13-4-14(23)8-30(7-13)20-27-19(26-6-12-1-2-17-18(3-12)33-11-32-17)28-21(29-20)31-9-15(24)5-16(25)10-31/h1-3,13-16H,4-11,22-25H2,(H,26,27,28,29)/t13-,14+,15-,16+. The SMILES string of the molecule is N[C@@H]1C[C@H](N)CN(c2nc(NCc3ccc4c(c3)OCO4)nc(N3C[C@H](N)C[C@H](N)C3)n2)C1. The Morgan fingerprint density at radius 2 is 1.33 bits per heavy atom. The first-order valence-corrected chi connectivity index (χ1v) is 11.3. The molecule has 0 saturated carbocycles. The fourth-order valence-corrected chi connectivity index (χ4v) is 4.63. The summed E-state index contributed by atoms with van der Waals surface area (Å²) in [6.45, 7) is 3.30. The Hall–Kier alpha value is -2.93. The van der Waals surface area contributed by atoms with E-state index in [0.29, 0.717) is 50.6 Å². The van der Waals surface area contributed by atoms with Gasteiger partial charge in [0.05, 0.1) is 0 Å². The van der Waals surface area contributed by atoms with Crippen molar-refractivity contribution in [3.05, 3.63) is 23.8 Å². The zero-order valence-electron chi connectivity index (χ0n) is 18.6. The fourth-order valence-electron chi connectivity index (χ4n) is 4.63. The number of nitrogens with one attached hydrogen (secondary N) is 1. The predicted octanol–water partition coefficient (Wildman–Crippen LogP) is -1.06. The molecule has 2 saturated heterocycles. The molecule has 12 nitrogen and oxygen atoms in total. The average molecular weight is 457 g/mol. The van der Waals surface area contributed by atoms with Crippen molar-refractivity contribution in [3.8, 4) is 11.5 Å². The number of hydrogen-bond acceptors (Lipinski definition) is 12. The smallest absolute Gasteiger partial charge is 0.232 e. The monoisotopic (exact) mass is 456 g/mol. The Kier molecular flexibility index (Phi) is 6.06. The highest BCUT2D eigenvalue weighted by Crippen LogP contribution is 2.32. The average Bonchev–Trinajstić information content (AvgIpc) is 3.24. The van der Waals surface area contributed by atoms with E-state index >= 15 is 0 Å². The van der Waals surface area contributed by atoms with Crippen LogP contribution in [0.1, 0.15) is 18.4 Å². The number of rotatable bonds is 5. The number of nitrogens with zero attached hydrogens (tertiary/aromatic N) is 5. The lowest BCUT2D eigenvalue weighted by atomic mass is 10.0. The molecule has 3 aliphatic heterocycles. The van der Waals surface area contributed by atoms with Crippen LogP contribution in [0, 0.1) is 0 Å². The number of hydrogen-bond donors (Lipinski definition) is 5. The van der Waals surface area contributed by atoms with E-state index in [2.05, 4.69) is 15.3 Å². The summed E-state index contributed by atoms with van der Waals surface area (Å²) in [5.74, 6) is 3.05. The van der Waals surface area contributed by atoms with Crippen LogP contribution in [0.5, 0.6) is 11.5 Å². The van der Waals surface area contributed by atoms with Gasteiger partial charge in [-0.1, -0.05) is 6.07 Å². The molecule has 0 spiro atoms. The second-order valence-corrected chi connectivity index (χ2v) is 9.12. The summed E-state index contributed by atoms with van der Waals surface area (Å²) >= 11 is 0. The van der Waals surface area contributed by atoms with Gasteiger partial charge in [-0.3, -0.25) is 0 Å². The zero-order chi connectivity index (χ0) is 22.9. The number of benzene rings is 1. The number of aromatic nitrogens is 3. The molecular weight excluding hydrogens is 424 g/mol. The summed E-state index contributed by atoms with van der Waals surface area (Å²) in [5, 5.41) is 3.32. The molecule has 0 radical (unpaired) electrons. The van der Waals surface area contributed by atoms with E-state index in [4.69, 9.17) is 37.4 Å². The molecule has 9 N–H and O–H groups in total. The lowest BCUT2D eigenvalue weighted by molar-refractivity contribution is 0.174. The van der Waals surface area contributed by atoms with E-state index in [1.165, 1.54) is 0 Å². The maximum atomic E-state index is 6.21. The van der Waals surface area contributed by atoms with E-state index in [1.807, 2.05) is 28.0 Å². The minimum atomic E-state index is -0.0316. The van der Waals surface area contributed by atoms with Gasteiger partial charge in [-0.05, 0) is 30.5 Å². The van der Waals surface area contributed by atoms with E-state index in [-0.39, 0.29) is 31.0 Å². The van der Waals surface area contributed by atoms with Gasteiger partial charge in [0.2, 0.25) is 24.6 Å². The van der Waals surface area contributed by atoms with Crippen LogP contribution in [0.2, 0.25) is 0 Å². The first kappa shape index (κ1) is 21.9. The second-order valence-electron chi connectivity index (χ2n) is 9.12. The van der Waals surface area contributed by atoms with Gasteiger partial charge >= 0.3 is 0 Å². The molecule has 0 aliphatic carbocycles. The summed E-state index contributed by atoms with van der Waals surface area (Å²) in [6.07, 6.45) is 1.55. The van der Waals surface area contributed by atoms with Crippen molar-refractivity contribution in [1.82, 2.24) is 15.0 Å². The predicted molar refractivity (Wildman–Crippen MR) is 125 cm³/mol. The van der Waals surface area contributed by atoms with Crippen molar-refractivity contribution >= 4 is 17.8 Å². The Labute approximate surface area is 192 Å². The van der Waals surface area contributed by atoms with Crippen LogP contribution in [0.3, 0.4) is 0 Å². The first-order valence-electron chi connectivity index (χ1n) is 11.3. The molecule has 1 aromatic heterocycles. The summed E-state index contributed by atoms with van der Waals surface area (Å²) in [6, 6.07) is 5.70. The molecule has 33 heavy (non-hydrogen) atoms. The Bertz CT molecular complexity index is 927. The summed E-state index contributed by atoms with van der Waals surface area (Å²) in [4.78, 5) is 18.2. The summed E-state index contributed by atoms with van der Waals surface area (Å²) in [5.41, 5.74) is 25.9. The third kappa shape index (κ3) is 5.03. The van der Waals surface area contributed by atoms with Gasteiger partial charge in [-0.25, -0.2) is 0 Å². The third-order valence-electron chi connectivity index (χ3n) is 6.10. The maximum absolute atomic E-state index is 6.21. The van der Waals surface area contributed by atoms with Gasteiger partial charge in [0, 0.05) is 56.9 Å². The van der Waals surface area contributed by atoms with E-state index in [9.17, 15) is 0 Å². The molecule has 5 rings (SSSR count). The number of nitrogens with two attached hydrogens (primary N) is 4. The van der Waals surface area contributed by atoms with Gasteiger partial charge in [0.25, 0.3) is 0 Å². The van der Waals surface area contributed by atoms with Gasteiger partial charge < -0.3 is 47.5 Å². The third-order valence-corrected chi connectivity index (χ3v) is 6.10. The van der Waals surface area contributed by atoms with Crippen LogP contribution in [0.25, 0.3) is 0 Å². The topological polar surface area (TPSA) is 180 Å². The van der Waals surface area contributed by atoms with Crippen molar-refractivity contribution in [1.29, 1.82) is 0 Å². The fraction of sp³-hybridized carbons (Fsp3) is 0.571. The Morgan fingerprint density at radius 3 is 1.91 bits per heavy atom. The molecule has 4 heterocycles. The molecule has 4 atom stereocenters. The van der Waals surface area contributed by atoms with Crippen LogP contribution in [0.4, 0.5) is 17.8 Å². The van der Waals surface area contributed by atoms with Gasteiger partial charge in [-0.15, -0.1) is 0 Å². The Morgan fingerprint density at radius 1 is 0.788 bits per heavy atom. The molecule has 178 valence electrons. The van der Waals surface area contributed by atoms with Crippen LogP contribution < -0.4 is 47.5 Å². The lowest BCUT2D eigenvalue weighted by Gasteiger charge is -2.37. The molecule has 0 amide bonds. The van der Waals surface area contributed by atoms with Crippen LogP contribution in [0.15, 0.2) is 18.2 Å². The van der Waals surface area contributed by atoms with Crippen LogP contribution in [-0.4, -0.2) is 72.1 Å². The van der Waals surface area contributed by atoms with Gasteiger partial charge in [0.15, 0.2) is 11.5 Å². The van der Waals surface area contributed by atoms with Gasteiger partial charge in [0.1, 0.15) is 0 Å². The quantitative estimate of drug-likeness (QED) is 0.369. The van der Waals surface area contributed by atoms with E-state index < -0.39 is 0 Å². The van der Waals surface area contributed by atoms with E-state index in [0.717, 1.165) is 29.9 Å². The number of fused-ring (bicyclic) bond motifs is 1. The van der Waals surface area contributed by atoms with Gasteiger partial charge in [-0.2, -0.15) is 15.0 Å². The zero-order valence-corrected chi connectivity index (χ0v) is 18.6. The normalized spacial score (nSPS) is 27.0. The second kappa shape index (κ2) is 9.14. The highest BCUT2D eigenvalue weighted by Gasteiger charge is 2.28. The van der Waals surface area contributed by atoms with Crippen LogP contribution in [-0.2, 0) is 6.54 Å². The summed E-state index contributed by atoms with van der Waals surface area (Å²) in [7, 11) is 0. The van der Waals surface area contributed by atoms with Crippen molar-refractivity contribution < 1.29 is 9.47 Å². The highest BCUT2D eigenvalue weighted by atomic mass is 16.7. The molecule has 0 bridgehead atoms. The number of anilines is 3. The van der Waals surface area contributed by atoms with E-state index in [1.54, 1.807) is 0 Å². The highest BCUT2D eigenvalue weighted by molar-refractivity contribution is 5.48. The molecule has 3 aliphatic rings.